The predicted octanol–water partition coefficient (Wildman–Crippen LogP) is 4.15. The van der Waals surface area contributed by atoms with E-state index >= 15 is 0 Å². The van der Waals surface area contributed by atoms with E-state index in [0.29, 0.717) is 18.0 Å². The second-order valence-corrected chi connectivity index (χ2v) is 7.90. The fourth-order valence-electron chi connectivity index (χ4n) is 4.94. The van der Waals surface area contributed by atoms with Crippen molar-refractivity contribution in [1.29, 1.82) is 0 Å². The van der Waals surface area contributed by atoms with Crippen LogP contribution in [0, 0.1) is 6.92 Å². The third-order valence-corrected chi connectivity index (χ3v) is 6.16. The van der Waals surface area contributed by atoms with Gasteiger partial charge in [0, 0.05) is 25.6 Å². The van der Waals surface area contributed by atoms with Crippen LogP contribution in [0.4, 0.5) is 0 Å². The lowest BCUT2D eigenvalue weighted by Crippen LogP contribution is -2.49. The normalized spacial score (nSPS) is 28.7. The molecule has 0 saturated carbocycles. The van der Waals surface area contributed by atoms with Gasteiger partial charge in [0.05, 0.1) is 5.60 Å². The average Bonchev–Trinajstić information content (AvgIpc) is 3.12. The Hall–Kier alpha value is -2.17. The first kappa shape index (κ1) is 16.0. The molecule has 1 aromatic heterocycles. The maximum absolute atomic E-state index is 11.5. The van der Waals surface area contributed by atoms with Gasteiger partial charge in [-0.15, -0.1) is 0 Å². The molecule has 2 atom stereocenters. The van der Waals surface area contributed by atoms with Gasteiger partial charge in [-0.3, -0.25) is 4.90 Å². The van der Waals surface area contributed by atoms with Crippen molar-refractivity contribution in [3.05, 3.63) is 65.5 Å². The van der Waals surface area contributed by atoms with Crippen molar-refractivity contribution in [3.8, 4) is 0 Å². The molecule has 134 valence electrons. The van der Waals surface area contributed by atoms with Crippen LogP contribution in [0.5, 0.6) is 0 Å². The molecule has 0 aliphatic carbocycles. The lowest BCUT2D eigenvalue weighted by molar-refractivity contribution is -0.0594. The zero-order chi connectivity index (χ0) is 17.7. The van der Waals surface area contributed by atoms with Crippen LogP contribution in [0.2, 0.25) is 0 Å². The number of nitrogens with zero attached hydrogens (tertiary/aromatic N) is 2. The predicted molar refractivity (Wildman–Crippen MR) is 101 cm³/mol. The molecule has 1 N–H and O–H groups in total. The molecular formula is C22H24N2O2. The fourth-order valence-corrected chi connectivity index (χ4v) is 4.94. The number of aryl methyl sites for hydroxylation is 1. The Kier molecular flexibility index (Phi) is 3.66. The van der Waals surface area contributed by atoms with Crippen LogP contribution in [0.1, 0.15) is 42.7 Å². The number of rotatable bonds is 3. The molecule has 5 rings (SSSR count). The SMILES string of the molecule is Cc1nc2cc(C3(O)CC4CCC(C3)N4Cc3ccccc3)ccc2o1. The highest BCUT2D eigenvalue weighted by Crippen LogP contribution is 2.46. The number of aromatic nitrogens is 1. The van der Waals surface area contributed by atoms with Gasteiger partial charge in [0.25, 0.3) is 0 Å². The van der Waals surface area contributed by atoms with Crippen LogP contribution in [-0.4, -0.2) is 27.1 Å². The monoisotopic (exact) mass is 348 g/mol. The summed E-state index contributed by atoms with van der Waals surface area (Å²) in [5.41, 5.74) is 3.20. The van der Waals surface area contributed by atoms with Gasteiger partial charge < -0.3 is 9.52 Å². The summed E-state index contributed by atoms with van der Waals surface area (Å²) in [6.45, 7) is 2.84. The highest BCUT2D eigenvalue weighted by molar-refractivity contribution is 5.73. The Morgan fingerprint density at radius 3 is 2.58 bits per heavy atom. The van der Waals surface area contributed by atoms with E-state index in [1.165, 1.54) is 18.4 Å². The first-order chi connectivity index (χ1) is 12.6. The molecule has 4 nitrogen and oxygen atoms in total. The van der Waals surface area contributed by atoms with Crippen LogP contribution < -0.4 is 0 Å². The summed E-state index contributed by atoms with van der Waals surface area (Å²) >= 11 is 0. The van der Waals surface area contributed by atoms with Gasteiger partial charge in [0.1, 0.15) is 5.52 Å². The van der Waals surface area contributed by atoms with E-state index in [-0.39, 0.29) is 0 Å². The van der Waals surface area contributed by atoms with Crippen molar-refractivity contribution in [2.24, 2.45) is 0 Å². The number of hydrogen-bond acceptors (Lipinski definition) is 4. The lowest BCUT2D eigenvalue weighted by atomic mass is 9.80. The molecule has 3 heterocycles. The summed E-state index contributed by atoms with van der Waals surface area (Å²) < 4.78 is 5.58. The molecule has 2 aromatic carbocycles. The molecular weight excluding hydrogens is 324 g/mol. The second-order valence-electron chi connectivity index (χ2n) is 7.90. The largest absolute Gasteiger partial charge is 0.441 e. The Morgan fingerprint density at radius 2 is 1.85 bits per heavy atom. The zero-order valence-corrected chi connectivity index (χ0v) is 15.1. The summed E-state index contributed by atoms with van der Waals surface area (Å²) in [4.78, 5) is 7.04. The minimum absolute atomic E-state index is 0.439. The average molecular weight is 348 g/mol. The van der Waals surface area contributed by atoms with Gasteiger partial charge in [-0.2, -0.15) is 0 Å². The maximum Gasteiger partial charge on any atom is 0.192 e. The fraction of sp³-hybridized carbons (Fsp3) is 0.409. The molecule has 2 aliphatic rings. The number of hydrogen-bond donors (Lipinski definition) is 1. The molecule has 3 aromatic rings. The zero-order valence-electron chi connectivity index (χ0n) is 15.1. The molecule has 26 heavy (non-hydrogen) atoms. The number of oxazole rings is 1. The van der Waals surface area contributed by atoms with Crippen molar-refractivity contribution >= 4 is 11.1 Å². The van der Waals surface area contributed by atoms with Crippen LogP contribution in [-0.2, 0) is 12.1 Å². The van der Waals surface area contributed by atoms with E-state index in [1.807, 2.05) is 25.1 Å². The quantitative estimate of drug-likeness (QED) is 0.772. The van der Waals surface area contributed by atoms with Crippen molar-refractivity contribution in [1.82, 2.24) is 9.88 Å². The minimum atomic E-state index is -0.764. The van der Waals surface area contributed by atoms with Crippen LogP contribution in [0.15, 0.2) is 52.9 Å². The number of benzene rings is 2. The van der Waals surface area contributed by atoms with Crippen molar-refractivity contribution in [2.45, 2.75) is 56.8 Å². The highest BCUT2D eigenvalue weighted by Gasteiger charge is 2.48. The number of fused-ring (bicyclic) bond motifs is 3. The molecule has 2 fully saturated rings. The molecule has 2 saturated heterocycles. The van der Waals surface area contributed by atoms with Crippen molar-refractivity contribution < 1.29 is 9.52 Å². The molecule has 0 amide bonds. The topological polar surface area (TPSA) is 49.5 Å². The van der Waals surface area contributed by atoms with Crippen LogP contribution in [0.3, 0.4) is 0 Å². The maximum atomic E-state index is 11.5. The van der Waals surface area contributed by atoms with Crippen molar-refractivity contribution in [2.75, 3.05) is 0 Å². The van der Waals surface area contributed by atoms with E-state index in [1.54, 1.807) is 0 Å². The van der Waals surface area contributed by atoms with Gasteiger partial charge in [-0.25, -0.2) is 4.98 Å². The minimum Gasteiger partial charge on any atom is -0.441 e. The Labute approximate surface area is 153 Å². The van der Waals surface area contributed by atoms with Crippen LogP contribution in [0.25, 0.3) is 11.1 Å². The van der Waals surface area contributed by atoms with Gasteiger partial charge in [-0.1, -0.05) is 36.4 Å². The molecule has 0 spiro atoms. The first-order valence-corrected chi connectivity index (χ1v) is 9.50. The Bertz CT molecular complexity index is 920. The lowest BCUT2D eigenvalue weighted by Gasteiger charge is -2.44. The third kappa shape index (κ3) is 2.65. The molecule has 2 unspecified atom stereocenters. The van der Waals surface area contributed by atoms with E-state index in [9.17, 15) is 5.11 Å². The van der Waals surface area contributed by atoms with E-state index in [2.05, 4.69) is 40.2 Å². The summed E-state index contributed by atoms with van der Waals surface area (Å²) in [6, 6.07) is 17.5. The Balaban J connectivity index is 1.41. The smallest absolute Gasteiger partial charge is 0.192 e. The van der Waals surface area contributed by atoms with E-state index < -0.39 is 5.60 Å². The van der Waals surface area contributed by atoms with Gasteiger partial charge in [0.15, 0.2) is 11.5 Å². The molecule has 2 bridgehead atoms. The summed E-state index contributed by atoms with van der Waals surface area (Å²) in [7, 11) is 0. The number of aliphatic hydroxyl groups is 1. The summed E-state index contributed by atoms with van der Waals surface area (Å²) in [5, 5.41) is 11.5. The van der Waals surface area contributed by atoms with Crippen molar-refractivity contribution in [3.63, 3.8) is 0 Å². The van der Waals surface area contributed by atoms with Gasteiger partial charge in [-0.05, 0) is 48.9 Å². The molecule has 4 heteroatoms. The third-order valence-electron chi connectivity index (χ3n) is 6.16. The summed E-state index contributed by atoms with van der Waals surface area (Å²) in [6.07, 6.45) is 3.92. The summed E-state index contributed by atoms with van der Waals surface area (Å²) in [5.74, 6) is 0.668. The van der Waals surface area contributed by atoms with E-state index in [4.69, 9.17) is 4.42 Å². The highest BCUT2D eigenvalue weighted by atomic mass is 16.3. The molecule has 0 radical (unpaired) electrons. The van der Waals surface area contributed by atoms with Crippen LogP contribution >= 0.6 is 0 Å². The number of piperidine rings is 1. The molecule has 2 aliphatic heterocycles. The van der Waals surface area contributed by atoms with Gasteiger partial charge >= 0.3 is 0 Å². The standard InChI is InChI=1S/C22H24N2O2/c1-15-23-20-11-17(7-10-21(20)26-15)22(25)12-18-8-9-19(13-22)24(18)14-16-5-3-2-4-6-16/h2-7,10-11,18-19,25H,8-9,12-14H2,1H3. The first-order valence-electron chi connectivity index (χ1n) is 9.50. The Morgan fingerprint density at radius 1 is 1.12 bits per heavy atom. The second kappa shape index (κ2) is 5.93. The van der Waals surface area contributed by atoms with E-state index in [0.717, 1.165) is 36.0 Å². The van der Waals surface area contributed by atoms with Gasteiger partial charge in [0.2, 0.25) is 0 Å².